The largest absolute Gasteiger partial charge is 0.457 e. The summed E-state index contributed by atoms with van der Waals surface area (Å²) in [5.74, 6) is -0.384. The van der Waals surface area contributed by atoms with Gasteiger partial charge in [-0.3, -0.25) is 0 Å². The lowest BCUT2D eigenvalue weighted by atomic mass is 10.2. The molecule has 0 aliphatic rings. The van der Waals surface area contributed by atoms with Crippen LogP contribution in [-0.2, 0) is 9.53 Å². The summed E-state index contributed by atoms with van der Waals surface area (Å²) >= 11 is 0. The molecule has 104 valence electrons. The van der Waals surface area contributed by atoms with Gasteiger partial charge in [-0.2, -0.15) is 8.78 Å². The molecule has 5 heteroatoms. The Morgan fingerprint density at radius 1 is 1.21 bits per heavy atom. The summed E-state index contributed by atoms with van der Waals surface area (Å²) in [5, 5.41) is 0. The Labute approximate surface area is 110 Å². The third-order valence-corrected chi connectivity index (χ3v) is 1.92. The molecule has 1 aromatic carbocycles. The molecule has 0 saturated carbocycles. The predicted octanol–water partition coefficient (Wildman–Crippen LogP) is 3.64. The molecule has 0 aromatic heterocycles. The highest BCUT2D eigenvalue weighted by molar-refractivity contribution is 5.87. The number of hydrogen-bond acceptors (Lipinski definition) is 3. The second-order valence-corrected chi connectivity index (χ2v) is 4.81. The van der Waals surface area contributed by atoms with E-state index in [-0.39, 0.29) is 5.75 Å². The van der Waals surface area contributed by atoms with Gasteiger partial charge in [0.25, 0.3) is 0 Å². The summed E-state index contributed by atoms with van der Waals surface area (Å²) in [5.41, 5.74) is 0.142. The van der Waals surface area contributed by atoms with Crippen molar-refractivity contribution in [3.05, 3.63) is 35.9 Å². The van der Waals surface area contributed by atoms with Crippen LogP contribution in [0, 0.1) is 0 Å². The first-order valence-electron chi connectivity index (χ1n) is 5.72. The first-order chi connectivity index (χ1) is 8.76. The number of esters is 1. The lowest BCUT2D eigenvalue weighted by molar-refractivity contribution is -0.148. The highest BCUT2D eigenvalue weighted by Crippen LogP contribution is 2.16. The van der Waals surface area contributed by atoms with Crippen molar-refractivity contribution >= 4 is 12.0 Å². The van der Waals surface area contributed by atoms with E-state index in [4.69, 9.17) is 4.74 Å². The highest BCUT2D eigenvalue weighted by Gasteiger charge is 2.13. The summed E-state index contributed by atoms with van der Waals surface area (Å²) < 4.78 is 33.2. The molecule has 0 spiro atoms. The van der Waals surface area contributed by atoms with Crippen LogP contribution in [0.4, 0.5) is 8.78 Å². The number of halogens is 2. The Balaban J connectivity index is 2.60. The molecule has 1 aromatic rings. The van der Waals surface area contributed by atoms with Gasteiger partial charge in [0.1, 0.15) is 11.4 Å². The smallest absolute Gasteiger partial charge is 0.387 e. The number of ether oxygens (including phenoxy) is 2. The van der Waals surface area contributed by atoms with Crippen LogP contribution in [0.15, 0.2) is 30.3 Å². The first-order valence-corrected chi connectivity index (χ1v) is 5.72. The Bertz CT molecular complexity index is 445. The monoisotopic (exact) mass is 270 g/mol. The average Bonchev–Trinajstić information content (AvgIpc) is 2.25. The number of alkyl halides is 2. The quantitative estimate of drug-likeness (QED) is 0.619. The molecule has 0 atom stereocenters. The van der Waals surface area contributed by atoms with Gasteiger partial charge in [0.15, 0.2) is 0 Å². The van der Waals surface area contributed by atoms with Gasteiger partial charge < -0.3 is 9.47 Å². The molecule has 0 N–H and O–H groups in total. The Morgan fingerprint density at radius 3 is 2.26 bits per heavy atom. The van der Waals surface area contributed by atoms with Crippen molar-refractivity contribution in [1.82, 2.24) is 0 Å². The number of benzene rings is 1. The van der Waals surface area contributed by atoms with Gasteiger partial charge in [0.05, 0.1) is 0 Å². The van der Waals surface area contributed by atoms with Crippen LogP contribution in [0.3, 0.4) is 0 Å². The first kappa shape index (κ1) is 15.1. The molecule has 0 amide bonds. The van der Waals surface area contributed by atoms with E-state index in [0.717, 1.165) is 0 Å². The third kappa shape index (κ3) is 6.55. The number of carbonyl (C=O) groups excluding carboxylic acids is 1. The minimum atomic E-state index is -2.84. The van der Waals surface area contributed by atoms with Crippen molar-refractivity contribution in [2.75, 3.05) is 0 Å². The summed E-state index contributed by atoms with van der Waals surface area (Å²) in [6.45, 7) is 2.47. The van der Waals surface area contributed by atoms with Gasteiger partial charge in [-0.15, -0.1) is 0 Å². The third-order valence-electron chi connectivity index (χ3n) is 1.92. The van der Waals surface area contributed by atoms with Crippen molar-refractivity contribution in [2.45, 2.75) is 33.0 Å². The van der Waals surface area contributed by atoms with Crippen LogP contribution in [-0.4, -0.2) is 18.2 Å². The highest BCUT2D eigenvalue weighted by atomic mass is 19.3. The van der Waals surface area contributed by atoms with Crippen molar-refractivity contribution in [3.63, 3.8) is 0 Å². The fraction of sp³-hybridized carbons (Fsp3) is 0.357. The van der Waals surface area contributed by atoms with Gasteiger partial charge >= 0.3 is 12.6 Å². The van der Waals surface area contributed by atoms with Gasteiger partial charge in [-0.25, -0.2) is 4.79 Å². The van der Waals surface area contributed by atoms with Crippen molar-refractivity contribution in [1.29, 1.82) is 0 Å². The molecule has 0 aliphatic heterocycles. The zero-order valence-electron chi connectivity index (χ0n) is 11.0. The molecule has 1 rings (SSSR count). The summed E-state index contributed by atoms with van der Waals surface area (Å²) in [6, 6.07) is 5.94. The van der Waals surface area contributed by atoms with E-state index in [1.807, 2.05) is 0 Å². The molecule has 19 heavy (non-hydrogen) atoms. The minimum absolute atomic E-state index is 0.0735. The van der Waals surface area contributed by atoms with Gasteiger partial charge in [-0.1, -0.05) is 12.1 Å². The maximum Gasteiger partial charge on any atom is 0.387 e. The fourth-order valence-corrected chi connectivity index (χ4v) is 1.26. The zero-order valence-corrected chi connectivity index (χ0v) is 11.0. The van der Waals surface area contributed by atoms with Crippen molar-refractivity contribution in [3.8, 4) is 5.75 Å². The molecule has 0 saturated heterocycles. The van der Waals surface area contributed by atoms with Gasteiger partial charge in [-0.05, 0) is 44.5 Å². The normalized spacial score (nSPS) is 11.9. The average molecular weight is 270 g/mol. The Morgan fingerprint density at radius 2 is 1.79 bits per heavy atom. The van der Waals surface area contributed by atoms with Gasteiger partial charge in [0, 0.05) is 6.08 Å². The number of carbonyl (C=O) groups is 1. The van der Waals surface area contributed by atoms with Crippen LogP contribution >= 0.6 is 0 Å². The molecule has 0 fully saturated rings. The second kappa shape index (κ2) is 6.31. The number of rotatable bonds is 4. The Hall–Kier alpha value is -1.91. The van der Waals surface area contributed by atoms with E-state index >= 15 is 0 Å². The van der Waals surface area contributed by atoms with E-state index in [0.29, 0.717) is 5.56 Å². The van der Waals surface area contributed by atoms with E-state index in [1.54, 1.807) is 39.0 Å². The van der Waals surface area contributed by atoms with Crippen LogP contribution in [0.1, 0.15) is 26.3 Å². The lowest BCUT2D eigenvalue weighted by Crippen LogP contribution is -2.22. The zero-order chi connectivity index (χ0) is 14.5. The molecule has 0 aliphatic carbocycles. The lowest BCUT2D eigenvalue weighted by Gasteiger charge is -2.17. The maximum atomic E-state index is 11.9. The number of hydrogen-bond donors (Lipinski definition) is 0. The van der Waals surface area contributed by atoms with E-state index in [9.17, 15) is 13.6 Å². The van der Waals surface area contributed by atoms with Crippen molar-refractivity contribution in [2.24, 2.45) is 0 Å². The molecule has 0 heterocycles. The van der Waals surface area contributed by atoms with E-state index in [1.165, 1.54) is 18.2 Å². The topological polar surface area (TPSA) is 35.5 Å². The molecule has 0 radical (unpaired) electrons. The molecular formula is C14H16F2O3. The summed E-state index contributed by atoms with van der Waals surface area (Å²) in [7, 11) is 0. The summed E-state index contributed by atoms with van der Waals surface area (Å²) in [6.07, 6.45) is 2.83. The van der Waals surface area contributed by atoms with E-state index < -0.39 is 18.2 Å². The second-order valence-electron chi connectivity index (χ2n) is 4.81. The van der Waals surface area contributed by atoms with Crippen LogP contribution in [0.5, 0.6) is 5.75 Å². The molecule has 3 nitrogen and oxygen atoms in total. The van der Waals surface area contributed by atoms with Gasteiger partial charge in [0.2, 0.25) is 0 Å². The fourth-order valence-electron chi connectivity index (χ4n) is 1.26. The predicted molar refractivity (Wildman–Crippen MR) is 68.0 cm³/mol. The molecule has 0 bridgehead atoms. The van der Waals surface area contributed by atoms with Crippen molar-refractivity contribution < 1.29 is 23.0 Å². The molecule has 0 unspecified atom stereocenters. The standard InChI is InChI=1S/C14H16F2O3/c1-14(2,3)19-12(17)9-6-10-4-7-11(8-5-10)18-13(15)16/h4-9,13H,1-3H3/b9-6+. The minimum Gasteiger partial charge on any atom is -0.457 e. The Kier molecular flexibility index (Phi) is 5.03. The SMILES string of the molecule is CC(C)(C)OC(=O)/C=C/c1ccc(OC(F)F)cc1. The summed E-state index contributed by atoms with van der Waals surface area (Å²) in [4.78, 5) is 11.4. The van der Waals surface area contributed by atoms with E-state index in [2.05, 4.69) is 4.74 Å². The van der Waals surface area contributed by atoms with Crippen LogP contribution in [0.2, 0.25) is 0 Å². The maximum absolute atomic E-state index is 11.9. The molecular weight excluding hydrogens is 254 g/mol. The van der Waals surface area contributed by atoms with Crippen LogP contribution in [0.25, 0.3) is 6.08 Å². The van der Waals surface area contributed by atoms with Crippen LogP contribution < -0.4 is 4.74 Å².